The molecule has 0 aromatic carbocycles. The normalized spacial score (nSPS) is 14.1. The molecular formula is C55H79N25O12. The van der Waals surface area contributed by atoms with E-state index in [-0.39, 0.29) is 64.5 Å². The van der Waals surface area contributed by atoms with Gasteiger partial charge in [-0.05, 0) is 58.0 Å². The van der Waals surface area contributed by atoms with Crippen molar-refractivity contribution in [2.75, 3.05) is 19.6 Å². The summed E-state index contributed by atoms with van der Waals surface area (Å²) in [5.41, 5.74) is 24.9. The molecule has 0 aliphatic rings. The minimum Gasteiger partial charge on any atom is -0.480 e. The molecule has 6 rings (SSSR count). The lowest BCUT2D eigenvalue weighted by atomic mass is 10.0. The van der Waals surface area contributed by atoms with Crippen LogP contribution in [0, 0.1) is 0 Å². The zero-order valence-corrected chi connectivity index (χ0v) is 50.1. The average Bonchev–Trinajstić information content (AvgIpc) is 1.64. The first kappa shape index (κ1) is 70.4. The minimum atomic E-state index is -1.66. The molecule has 10 amide bonds. The Hall–Kier alpha value is -10.7. The number of carboxylic acids is 1. The van der Waals surface area contributed by atoms with Gasteiger partial charge in [-0.2, -0.15) is 0 Å². The second-order valence-corrected chi connectivity index (χ2v) is 21.4. The number of aliphatic carboxylic acids is 1. The van der Waals surface area contributed by atoms with Crippen LogP contribution in [0.15, 0.2) is 75.1 Å². The van der Waals surface area contributed by atoms with Crippen molar-refractivity contribution in [1.29, 1.82) is 0 Å². The molecule has 0 saturated heterocycles. The molecule has 6 heterocycles. The predicted octanol–water partition coefficient (Wildman–Crippen LogP) is -6.29. The SMILES string of the molecule is NCCCC[C@H](NC(=O)[C@H](Cc1cnc[nH]1)NC(=O)CN)C(=O)N[C@@H](CCCCN)C(=O)N[C@@H](Cc1cnc[nH]1)C(=O)N[C@@H](Cc1cnc[nH]1)C(=O)N[C@@H](CCC(N)=O)C(=O)N[C@@H](Cc1cnc[nH]1)C(=O)N[C@@H](Cc1cnc[nH]1)C(=O)N[C@@H](Cc1cnc[nH]1)C(=O)O. The molecule has 0 saturated carbocycles. The fourth-order valence-corrected chi connectivity index (χ4v) is 9.45. The standard InChI is InChI=1S/C55H79N25O12/c56-9-3-1-5-36(74-50(86)39(72-46(82)17-58)11-30-18-60-24-66-30)47(83)73-37(6-2-4-10-57)48(84)76-41(13-32-20-62-26-68-32)52(88)78-40(12-31-19-61-25-67-31)51(87)75-38(7-8-45(59)81)49(85)77-42(14-33-21-63-27-69-33)53(89)79-43(15-34-22-64-28-70-34)54(90)80-44(55(91)92)16-35-23-65-29-71-35/h18-29,36-44H,1-17,56-58H2,(H2,59,81)(H,60,66)(H,61,67)(H,62,68)(H,63,69)(H,64,70)(H,65,71)(H,72,82)(H,73,83)(H,74,86)(H,75,87)(H,76,84)(H,77,85)(H,78,88)(H,79,89)(H,80,90)(H,91,92)/t36-,37-,38-,39-,40-,41-,42-,43-,44-/m0/s1. The van der Waals surface area contributed by atoms with Crippen LogP contribution in [0.25, 0.3) is 0 Å². The number of nitrogens with zero attached hydrogens (tertiary/aromatic N) is 6. The highest BCUT2D eigenvalue weighted by Gasteiger charge is 2.37. The number of carbonyl (C=O) groups excluding carboxylic acids is 10. The van der Waals surface area contributed by atoms with Gasteiger partial charge in [0.15, 0.2) is 0 Å². The summed E-state index contributed by atoms with van der Waals surface area (Å²) < 4.78 is 0. The van der Waals surface area contributed by atoms with Gasteiger partial charge in [0, 0.05) is 116 Å². The van der Waals surface area contributed by atoms with Gasteiger partial charge in [-0.25, -0.2) is 34.7 Å². The lowest BCUT2D eigenvalue weighted by Gasteiger charge is -2.28. The molecule has 24 N–H and O–H groups in total. The van der Waals surface area contributed by atoms with Crippen molar-refractivity contribution in [2.45, 2.75) is 144 Å². The van der Waals surface area contributed by atoms with Crippen molar-refractivity contribution in [3.8, 4) is 0 Å². The zero-order chi connectivity index (χ0) is 66.4. The van der Waals surface area contributed by atoms with Crippen LogP contribution >= 0.6 is 0 Å². The summed E-state index contributed by atoms with van der Waals surface area (Å²) in [6.45, 7) is 0.0572. The lowest BCUT2D eigenvalue weighted by Crippen LogP contribution is -2.61. The average molecular weight is 1280 g/mol. The van der Waals surface area contributed by atoms with Crippen molar-refractivity contribution >= 4 is 65.0 Å². The molecule has 0 aliphatic carbocycles. The Morgan fingerprint density at radius 3 is 0.826 bits per heavy atom. The number of unbranched alkanes of at least 4 members (excludes halogenated alkanes) is 2. The van der Waals surface area contributed by atoms with E-state index >= 15 is 0 Å². The largest absolute Gasteiger partial charge is 0.480 e. The third kappa shape index (κ3) is 23.4. The summed E-state index contributed by atoms with van der Waals surface area (Å²) in [4.78, 5) is 193. The van der Waals surface area contributed by atoms with Gasteiger partial charge in [0.05, 0.1) is 44.5 Å². The van der Waals surface area contributed by atoms with Crippen molar-refractivity contribution in [3.63, 3.8) is 0 Å². The summed E-state index contributed by atoms with van der Waals surface area (Å²) in [5.74, 6) is -10.2. The van der Waals surface area contributed by atoms with Crippen LogP contribution in [-0.2, 0) is 91.3 Å². The fraction of sp³-hybridized carbons (Fsp3) is 0.473. The first-order valence-electron chi connectivity index (χ1n) is 29.5. The molecule has 0 aliphatic heterocycles. The third-order valence-corrected chi connectivity index (χ3v) is 14.3. The van der Waals surface area contributed by atoms with Gasteiger partial charge in [-0.15, -0.1) is 0 Å². The van der Waals surface area contributed by atoms with Crippen LogP contribution in [0.2, 0.25) is 0 Å². The number of primary amides is 1. The van der Waals surface area contributed by atoms with Crippen molar-refractivity contribution in [3.05, 3.63) is 109 Å². The Kier molecular flexibility index (Phi) is 28.1. The van der Waals surface area contributed by atoms with Crippen LogP contribution < -0.4 is 70.8 Å². The molecule has 37 nitrogen and oxygen atoms in total. The molecule has 6 aromatic rings. The van der Waals surface area contributed by atoms with Gasteiger partial charge >= 0.3 is 5.97 Å². The predicted molar refractivity (Wildman–Crippen MR) is 322 cm³/mol. The lowest BCUT2D eigenvalue weighted by molar-refractivity contribution is -0.142. The third-order valence-electron chi connectivity index (χ3n) is 14.3. The van der Waals surface area contributed by atoms with Gasteiger partial charge in [0.2, 0.25) is 59.1 Å². The van der Waals surface area contributed by atoms with Crippen molar-refractivity contribution in [2.24, 2.45) is 22.9 Å². The molecule has 9 atom stereocenters. The summed E-state index contributed by atoms with van der Waals surface area (Å²) in [5, 5.41) is 33.6. The number of hydrogen-bond acceptors (Lipinski definition) is 20. The number of carbonyl (C=O) groups is 11. The second-order valence-electron chi connectivity index (χ2n) is 21.4. The number of H-pyrrole nitrogens is 6. The second kappa shape index (κ2) is 36.7. The Bertz CT molecular complexity index is 3270. The summed E-state index contributed by atoms with van der Waals surface area (Å²) in [6, 6.07) is -13.1. The quantitative estimate of drug-likeness (QED) is 0.0159. The molecule has 0 fully saturated rings. The number of aromatic amines is 6. The van der Waals surface area contributed by atoms with Gasteiger partial charge in [-0.3, -0.25) is 47.9 Å². The number of carboxylic acid groups (broad SMARTS) is 1. The highest BCUT2D eigenvalue weighted by atomic mass is 16.4. The maximum atomic E-state index is 14.8. The highest BCUT2D eigenvalue weighted by Crippen LogP contribution is 2.12. The molecule has 0 spiro atoms. The molecule has 6 aromatic heterocycles. The fourth-order valence-electron chi connectivity index (χ4n) is 9.45. The Morgan fingerprint density at radius 1 is 0.348 bits per heavy atom. The summed E-state index contributed by atoms with van der Waals surface area (Å²) >= 11 is 0. The van der Waals surface area contributed by atoms with E-state index in [4.69, 9.17) is 22.9 Å². The highest BCUT2D eigenvalue weighted by molar-refractivity contribution is 5.99. The monoisotopic (exact) mass is 1280 g/mol. The molecule has 37 heteroatoms. The molecule has 0 radical (unpaired) electrons. The van der Waals surface area contributed by atoms with Gasteiger partial charge in [0.25, 0.3) is 0 Å². The van der Waals surface area contributed by atoms with E-state index in [1.165, 1.54) is 75.1 Å². The molecule has 496 valence electrons. The molecule has 0 unspecified atom stereocenters. The smallest absolute Gasteiger partial charge is 0.326 e. The van der Waals surface area contributed by atoms with Crippen LogP contribution in [0.3, 0.4) is 0 Å². The van der Waals surface area contributed by atoms with Crippen molar-refractivity contribution in [1.82, 2.24) is 108 Å². The van der Waals surface area contributed by atoms with Gasteiger partial charge < -0.3 is 106 Å². The number of nitrogens with one attached hydrogen (secondary N) is 15. The van der Waals surface area contributed by atoms with E-state index in [9.17, 15) is 57.8 Å². The first-order chi connectivity index (χ1) is 44.3. The Morgan fingerprint density at radius 2 is 0.587 bits per heavy atom. The number of rotatable bonds is 42. The van der Waals surface area contributed by atoms with Gasteiger partial charge in [0.1, 0.15) is 54.4 Å². The molecule has 0 bridgehead atoms. The summed E-state index contributed by atoms with van der Waals surface area (Å²) in [6.07, 6.45) is 15.7. The number of hydrogen-bond donors (Lipinski definition) is 20. The van der Waals surface area contributed by atoms with Crippen LogP contribution in [0.5, 0.6) is 0 Å². The Labute approximate surface area is 525 Å². The Balaban J connectivity index is 1.23. The van der Waals surface area contributed by atoms with E-state index in [1.54, 1.807) is 0 Å². The topological polar surface area (TPSA) is 592 Å². The van der Waals surface area contributed by atoms with Crippen LogP contribution in [-0.4, -0.2) is 204 Å². The maximum absolute atomic E-state index is 14.8. The molecule has 92 heavy (non-hydrogen) atoms. The number of nitrogens with two attached hydrogens (primary N) is 4. The van der Waals surface area contributed by atoms with E-state index in [0.717, 1.165) is 0 Å². The summed E-state index contributed by atoms with van der Waals surface area (Å²) in [7, 11) is 0. The number of aromatic nitrogens is 12. The van der Waals surface area contributed by atoms with Crippen molar-refractivity contribution < 1.29 is 57.8 Å². The van der Waals surface area contributed by atoms with E-state index in [1.807, 2.05) is 0 Å². The minimum absolute atomic E-state index is 0.00271. The number of amides is 10. The van der Waals surface area contributed by atoms with Crippen LogP contribution in [0.1, 0.15) is 85.5 Å². The number of imidazole rings is 6. The van der Waals surface area contributed by atoms with E-state index in [2.05, 4.69) is 108 Å². The van der Waals surface area contributed by atoms with E-state index in [0.29, 0.717) is 59.8 Å². The maximum Gasteiger partial charge on any atom is 0.326 e. The molecular weight excluding hydrogens is 1200 g/mol. The van der Waals surface area contributed by atoms with Crippen LogP contribution in [0.4, 0.5) is 0 Å². The van der Waals surface area contributed by atoms with E-state index < -0.39 is 139 Å². The van der Waals surface area contributed by atoms with Gasteiger partial charge in [-0.1, -0.05) is 0 Å². The zero-order valence-electron chi connectivity index (χ0n) is 50.1. The first-order valence-corrected chi connectivity index (χ1v) is 29.5.